The largest absolute Gasteiger partial charge is 0.370 e. The molecule has 1 unspecified atom stereocenters. The van der Waals surface area contributed by atoms with Crippen LogP contribution in [0.5, 0.6) is 0 Å². The Morgan fingerprint density at radius 1 is 1.60 bits per heavy atom. The fourth-order valence-corrected chi connectivity index (χ4v) is 3.37. The molecule has 4 nitrogen and oxygen atoms in total. The van der Waals surface area contributed by atoms with E-state index >= 15 is 0 Å². The minimum atomic E-state index is 0.0426. The molecule has 6 heteroatoms. The lowest BCUT2D eigenvalue weighted by molar-refractivity contribution is 0.0763. The number of halogens is 1. The van der Waals surface area contributed by atoms with Gasteiger partial charge in [0.05, 0.1) is 0 Å². The van der Waals surface area contributed by atoms with Crippen LogP contribution in [-0.4, -0.2) is 46.4 Å². The second-order valence-corrected chi connectivity index (χ2v) is 6.86. The second kappa shape index (κ2) is 7.18. The van der Waals surface area contributed by atoms with Crippen molar-refractivity contribution in [1.82, 2.24) is 9.88 Å². The summed E-state index contributed by atoms with van der Waals surface area (Å²) in [6, 6.07) is 3.43. The highest BCUT2D eigenvalue weighted by Gasteiger charge is 2.23. The monoisotopic (exact) mass is 313 g/mol. The summed E-state index contributed by atoms with van der Waals surface area (Å²) in [5.74, 6) is 1.70. The first kappa shape index (κ1) is 15.4. The molecule has 110 valence electrons. The molecule has 2 heterocycles. The molecule has 1 saturated heterocycles. The zero-order valence-electron chi connectivity index (χ0n) is 11.9. The van der Waals surface area contributed by atoms with Gasteiger partial charge in [-0.3, -0.25) is 4.79 Å². The highest BCUT2D eigenvalue weighted by Crippen LogP contribution is 2.21. The zero-order valence-corrected chi connectivity index (χ0v) is 13.4. The van der Waals surface area contributed by atoms with Crippen LogP contribution in [-0.2, 0) is 0 Å². The number of hydrogen-bond donors (Lipinski definition) is 1. The molecule has 1 atom stereocenters. The van der Waals surface area contributed by atoms with Gasteiger partial charge in [0.1, 0.15) is 11.0 Å². The van der Waals surface area contributed by atoms with Crippen LogP contribution in [0.4, 0.5) is 5.82 Å². The molecule has 0 radical (unpaired) electrons. The van der Waals surface area contributed by atoms with Gasteiger partial charge < -0.3 is 10.2 Å². The Morgan fingerprint density at radius 2 is 2.40 bits per heavy atom. The van der Waals surface area contributed by atoms with Crippen LogP contribution in [0, 0.1) is 0 Å². The summed E-state index contributed by atoms with van der Waals surface area (Å²) in [6.45, 7) is 6.64. The van der Waals surface area contributed by atoms with Gasteiger partial charge in [-0.2, -0.15) is 11.8 Å². The Kier molecular flexibility index (Phi) is 5.54. The van der Waals surface area contributed by atoms with Crippen molar-refractivity contribution in [2.75, 3.05) is 30.7 Å². The van der Waals surface area contributed by atoms with Crippen LogP contribution < -0.4 is 5.32 Å². The number of pyridine rings is 1. The van der Waals surface area contributed by atoms with E-state index in [0.717, 1.165) is 31.8 Å². The lowest BCUT2D eigenvalue weighted by Crippen LogP contribution is -2.41. The topological polar surface area (TPSA) is 45.2 Å². The lowest BCUT2D eigenvalue weighted by Gasteiger charge is -2.30. The molecule has 0 spiro atoms. The van der Waals surface area contributed by atoms with Crippen molar-refractivity contribution < 1.29 is 4.79 Å². The maximum absolute atomic E-state index is 12.5. The van der Waals surface area contributed by atoms with E-state index in [2.05, 4.69) is 24.1 Å². The molecule has 0 bridgehead atoms. The van der Waals surface area contributed by atoms with E-state index in [0.29, 0.717) is 21.8 Å². The molecular weight excluding hydrogens is 294 g/mol. The van der Waals surface area contributed by atoms with Gasteiger partial charge in [0, 0.05) is 36.2 Å². The summed E-state index contributed by atoms with van der Waals surface area (Å²) in [5, 5.41) is 4.02. The zero-order chi connectivity index (χ0) is 14.5. The number of carbonyl (C=O) groups is 1. The molecule has 1 aromatic rings. The number of nitrogens with one attached hydrogen (secondary N) is 1. The highest BCUT2D eigenvalue weighted by atomic mass is 35.5. The first-order chi connectivity index (χ1) is 9.60. The third kappa shape index (κ3) is 4.03. The third-order valence-corrected chi connectivity index (χ3v) is 4.46. The molecule has 1 aliphatic rings. The highest BCUT2D eigenvalue weighted by molar-refractivity contribution is 7.99. The number of thioether (sulfide) groups is 1. The number of anilines is 1. The Labute approximate surface area is 129 Å². The fraction of sp³-hybridized carbons (Fsp3) is 0.571. The third-order valence-electron chi connectivity index (χ3n) is 3.13. The van der Waals surface area contributed by atoms with Gasteiger partial charge in [0.25, 0.3) is 5.91 Å². The second-order valence-electron chi connectivity index (χ2n) is 4.92. The smallest absolute Gasteiger partial charge is 0.254 e. The van der Waals surface area contributed by atoms with Gasteiger partial charge in [-0.1, -0.05) is 25.4 Å². The van der Waals surface area contributed by atoms with E-state index in [9.17, 15) is 4.79 Å². The summed E-state index contributed by atoms with van der Waals surface area (Å²) >= 11 is 7.92. The molecule has 1 fully saturated rings. The first-order valence-corrected chi connectivity index (χ1v) is 8.35. The maximum Gasteiger partial charge on any atom is 0.254 e. The van der Waals surface area contributed by atoms with Gasteiger partial charge in [-0.05, 0) is 18.6 Å². The fourth-order valence-electron chi connectivity index (χ4n) is 2.15. The average Bonchev–Trinajstić information content (AvgIpc) is 2.43. The van der Waals surface area contributed by atoms with Gasteiger partial charge in [-0.15, -0.1) is 0 Å². The number of hydrogen-bond acceptors (Lipinski definition) is 4. The Bertz CT molecular complexity index is 483. The number of amides is 1. The molecule has 2 rings (SSSR count). The van der Waals surface area contributed by atoms with Crippen molar-refractivity contribution in [2.24, 2.45) is 0 Å². The van der Waals surface area contributed by atoms with Crippen LogP contribution in [0.25, 0.3) is 0 Å². The van der Waals surface area contributed by atoms with Gasteiger partial charge in [0.15, 0.2) is 0 Å². The summed E-state index contributed by atoms with van der Waals surface area (Å²) in [5.41, 5.74) is 0.614. The molecule has 1 aliphatic heterocycles. The Balaban J connectivity index is 2.14. The molecular formula is C14H20ClN3OS. The van der Waals surface area contributed by atoms with Crippen molar-refractivity contribution >= 4 is 35.1 Å². The SMILES string of the molecule is CCCNc1cc(C(=O)N2CCSC(C)C2)cc(Cl)n1. The number of carbonyl (C=O) groups excluding carboxylic acids is 1. The summed E-state index contributed by atoms with van der Waals surface area (Å²) in [4.78, 5) is 18.6. The number of nitrogens with zero attached hydrogens (tertiary/aromatic N) is 2. The van der Waals surface area contributed by atoms with Gasteiger partial charge >= 0.3 is 0 Å². The van der Waals surface area contributed by atoms with E-state index < -0.39 is 0 Å². The Morgan fingerprint density at radius 3 is 3.10 bits per heavy atom. The standard InChI is InChI=1S/C14H20ClN3OS/c1-3-4-16-13-8-11(7-12(15)17-13)14(19)18-5-6-20-10(2)9-18/h7-8,10H,3-6,9H2,1-2H3,(H,16,17). The maximum atomic E-state index is 12.5. The summed E-state index contributed by atoms with van der Waals surface area (Å²) in [7, 11) is 0. The van der Waals surface area contributed by atoms with Crippen LogP contribution in [0.15, 0.2) is 12.1 Å². The lowest BCUT2D eigenvalue weighted by atomic mass is 10.2. The number of rotatable bonds is 4. The van der Waals surface area contributed by atoms with Crippen molar-refractivity contribution in [3.05, 3.63) is 22.8 Å². The van der Waals surface area contributed by atoms with Crippen molar-refractivity contribution in [1.29, 1.82) is 0 Å². The molecule has 0 saturated carbocycles. The van der Waals surface area contributed by atoms with Gasteiger partial charge in [0.2, 0.25) is 0 Å². The van der Waals surface area contributed by atoms with Crippen molar-refractivity contribution in [3.8, 4) is 0 Å². The first-order valence-electron chi connectivity index (χ1n) is 6.92. The van der Waals surface area contributed by atoms with E-state index in [4.69, 9.17) is 11.6 Å². The number of aromatic nitrogens is 1. The normalized spacial score (nSPS) is 18.9. The quantitative estimate of drug-likeness (QED) is 0.867. The Hall–Kier alpha value is -0.940. The minimum absolute atomic E-state index is 0.0426. The molecule has 1 aromatic heterocycles. The van der Waals surface area contributed by atoms with Crippen molar-refractivity contribution in [2.45, 2.75) is 25.5 Å². The molecule has 0 aromatic carbocycles. The minimum Gasteiger partial charge on any atom is -0.370 e. The van der Waals surface area contributed by atoms with Crippen LogP contribution in [0.3, 0.4) is 0 Å². The van der Waals surface area contributed by atoms with Crippen LogP contribution in [0.1, 0.15) is 30.6 Å². The molecule has 20 heavy (non-hydrogen) atoms. The average molecular weight is 314 g/mol. The van der Waals surface area contributed by atoms with Crippen LogP contribution in [0.2, 0.25) is 5.15 Å². The van der Waals surface area contributed by atoms with E-state index in [1.165, 1.54) is 0 Å². The van der Waals surface area contributed by atoms with Crippen molar-refractivity contribution in [3.63, 3.8) is 0 Å². The molecule has 1 amide bonds. The van der Waals surface area contributed by atoms with E-state index in [1.54, 1.807) is 12.1 Å². The van der Waals surface area contributed by atoms with Crippen LogP contribution >= 0.6 is 23.4 Å². The summed E-state index contributed by atoms with van der Waals surface area (Å²) in [6.07, 6.45) is 0.998. The predicted molar refractivity (Wildman–Crippen MR) is 85.9 cm³/mol. The summed E-state index contributed by atoms with van der Waals surface area (Å²) < 4.78 is 0. The molecule has 0 aliphatic carbocycles. The van der Waals surface area contributed by atoms with Gasteiger partial charge in [-0.25, -0.2) is 4.98 Å². The predicted octanol–water partition coefficient (Wildman–Crippen LogP) is 3.13. The van der Waals surface area contributed by atoms with E-state index in [1.807, 2.05) is 16.7 Å². The molecule has 1 N–H and O–H groups in total. The van der Waals surface area contributed by atoms with E-state index in [-0.39, 0.29) is 5.91 Å².